The van der Waals surface area contributed by atoms with Crippen molar-refractivity contribution in [3.63, 3.8) is 0 Å². The summed E-state index contributed by atoms with van der Waals surface area (Å²) in [6, 6.07) is 20.1. The van der Waals surface area contributed by atoms with Gasteiger partial charge in [0, 0.05) is 5.41 Å². The number of phenols is 1. The molecule has 1 saturated carbocycles. The van der Waals surface area contributed by atoms with E-state index in [1.165, 1.54) is 5.56 Å². The molecule has 0 amide bonds. The smallest absolute Gasteiger partial charge is 0.339 e. The molecule has 0 spiro atoms. The highest BCUT2D eigenvalue weighted by atomic mass is 16.5. The van der Waals surface area contributed by atoms with Gasteiger partial charge in [-0.25, -0.2) is 4.79 Å². The van der Waals surface area contributed by atoms with E-state index in [1.54, 1.807) is 24.3 Å². The number of ether oxygens (including phenoxy) is 1. The van der Waals surface area contributed by atoms with Gasteiger partial charge >= 0.3 is 5.97 Å². The summed E-state index contributed by atoms with van der Waals surface area (Å²) in [4.78, 5) is 12.1. The van der Waals surface area contributed by atoms with Crippen LogP contribution in [0.25, 0.3) is 0 Å². The first kappa shape index (κ1) is 25.8. The van der Waals surface area contributed by atoms with Crippen molar-refractivity contribution in [2.24, 2.45) is 5.92 Å². The molecular formula is C31H36O5. The fourth-order valence-electron chi connectivity index (χ4n) is 5.33. The fourth-order valence-corrected chi connectivity index (χ4v) is 5.33. The molecule has 0 atom stereocenters. The lowest BCUT2D eigenvalue weighted by Gasteiger charge is -2.38. The van der Waals surface area contributed by atoms with Crippen molar-refractivity contribution in [2.45, 2.75) is 70.3 Å². The predicted molar refractivity (Wildman–Crippen MR) is 141 cm³/mol. The molecule has 5 heteroatoms. The molecule has 0 radical (unpaired) electrons. The Kier molecular flexibility index (Phi) is 7.14. The number of aliphatic hydroxyl groups excluding tert-OH is 1. The van der Waals surface area contributed by atoms with Gasteiger partial charge in [-0.15, -0.1) is 0 Å². The average Bonchev–Trinajstić information content (AvgIpc) is 2.85. The van der Waals surface area contributed by atoms with Crippen molar-refractivity contribution in [3.8, 4) is 17.2 Å². The number of aliphatic hydroxyl groups is 1. The zero-order chi connectivity index (χ0) is 26.1. The number of rotatable bonds is 7. The van der Waals surface area contributed by atoms with E-state index in [2.05, 4.69) is 26.0 Å². The molecule has 1 fully saturated rings. The number of carbonyl (C=O) groups is 1. The van der Waals surface area contributed by atoms with Gasteiger partial charge in [0.2, 0.25) is 0 Å². The molecular weight excluding hydrogens is 452 g/mol. The average molecular weight is 489 g/mol. The van der Waals surface area contributed by atoms with Crippen LogP contribution in [0.15, 0.2) is 66.7 Å². The van der Waals surface area contributed by atoms with Crippen molar-refractivity contribution in [1.82, 2.24) is 0 Å². The Hall–Kier alpha value is -3.31. The normalized spacial score (nSPS) is 18.6. The van der Waals surface area contributed by atoms with E-state index in [1.807, 2.05) is 44.2 Å². The number of phenolic OH excluding ortho intramolecular Hbond substituents is 1. The lowest BCUT2D eigenvalue weighted by Crippen LogP contribution is -2.33. The number of benzene rings is 3. The zero-order valence-electron chi connectivity index (χ0n) is 21.5. The van der Waals surface area contributed by atoms with Crippen LogP contribution in [-0.2, 0) is 10.8 Å². The van der Waals surface area contributed by atoms with Gasteiger partial charge in [-0.1, -0.05) is 58.0 Å². The monoisotopic (exact) mass is 488 g/mol. The maximum Gasteiger partial charge on any atom is 0.339 e. The van der Waals surface area contributed by atoms with Gasteiger partial charge in [0.1, 0.15) is 22.8 Å². The Labute approximate surface area is 213 Å². The number of hydrogen-bond donors (Lipinski definition) is 3. The fraction of sp³-hybridized carbons (Fsp3) is 0.387. The number of aromatic hydroxyl groups is 1. The Morgan fingerprint density at radius 2 is 1.36 bits per heavy atom. The number of aromatic carboxylic acids is 1. The van der Waals surface area contributed by atoms with E-state index in [9.17, 15) is 20.1 Å². The topological polar surface area (TPSA) is 87.0 Å². The van der Waals surface area contributed by atoms with Crippen molar-refractivity contribution in [3.05, 3.63) is 89.0 Å². The Morgan fingerprint density at radius 1 is 0.806 bits per heavy atom. The third-order valence-corrected chi connectivity index (χ3v) is 8.06. The third-order valence-electron chi connectivity index (χ3n) is 8.06. The summed E-state index contributed by atoms with van der Waals surface area (Å²) >= 11 is 0. The van der Waals surface area contributed by atoms with Gasteiger partial charge in [-0.05, 0) is 90.1 Å². The standard InChI is InChI=1S/C31H36O5/c1-30(2,20-5-12-24(32)13-6-20)22-9-16-26(17-10-22)36-28-18-11-23(19-27(28)29(34)35)31(3,4)21-7-14-25(33)15-8-21/h7-11,14-20,24,32-33H,5-6,12-13H2,1-4H3,(H,34,35). The number of carboxylic acid groups (broad SMARTS) is 1. The molecule has 5 nitrogen and oxygen atoms in total. The van der Waals surface area contributed by atoms with Crippen LogP contribution in [-0.4, -0.2) is 27.4 Å². The van der Waals surface area contributed by atoms with E-state index in [-0.39, 0.29) is 22.8 Å². The summed E-state index contributed by atoms with van der Waals surface area (Å²) in [5.41, 5.74) is 2.64. The van der Waals surface area contributed by atoms with E-state index >= 15 is 0 Å². The molecule has 36 heavy (non-hydrogen) atoms. The highest BCUT2D eigenvalue weighted by molar-refractivity contribution is 5.91. The van der Waals surface area contributed by atoms with Crippen molar-refractivity contribution in [1.29, 1.82) is 0 Å². The third kappa shape index (κ3) is 5.26. The number of hydrogen-bond acceptors (Lipinski definition) is 4. The minimum Gasteiger partial charge on any atom is -0.508 e. The quantitative estimate of drug-likeness (QED) is 0.332. The second kappa shape index (κ2) is 9.98. The Morgan fingerprint density at radius 3 is 1.94 bits per heavy atom. The van der Waals surface area contributed by atoms with Gasteiger partial charge in [0.05, 0.1) is 6.10 Å². The van der Waals surface area contributed by atoms with Crippen LogP contribution in [0.2, 0.25) is 0 Å². The van der Waals surface area contributed by atoms with Crippen molar-refractivity contribution >= 4 is 5.97 Å². The molecule has 4 rings (SSSR count). The molecule has 1 aliphatic rings. The largest absolute Gasteiger partial charge is 0.508 e. The maximum absolute atomic E-state index is 12.1. The van der Waals surface area contributed by atoms with Gasteiger partial charge in [0.25, 0.3) is 0 Å². The predicted octanol–water partition coefficient (Wildman–Crippen LogP) is 7.04. The summed E-state index contributed by atoms with van der Waals surface area (Å²) in [6.07, 6.45) is 3.57. The van der Waals surface area contributed by atoms with Crippen LogP contribution >= 0.6 is 0 Å². The van der Waals surface area contributed by atoms with Crippen LogP contribution in [0, 0.1) is 5.92 Å². The van der Waals surface area contributed by atoms with Crippen molar-refractivity contribution in [2.75, 3.05) is 0 Å². The molecule has 190 valence electrons. The number of carboxylic acids is 1. The second-order valence-corrected chi connectivity index (χ2v) is 11.0. The Balaban J connectivity index is 1.56. The first-order valence-corrected chi connectivity index (χ1v) is 12.6. The minimum absolute atomic E-state index is 0.0215. The molecule has 3 aromatic rings. The highest BCUT2D eigenvalue weighted by Gasteiger charge is 2.34. The molecule has 0 aromatic heterocycles. The minimum atomic E-state index is -1.05. The van der Waals surface area contributed by atoms with Gasteiger partial charge in [-0.3, -0.25) is 0 Å². The molecule has 0 bridgehead atoms. The lowest BCUT2D eigenvalue weighted by molar-refractivity contribution is 0.0694. The van der Waals surface area contributed by atoms with Gasteiger partial charge in [0.15, 0.2) is 0 Å². The summed E-state index contributed by atoms with van der Waals surface area (Å²) in [6.45, 7) is 8.55. The maximum atomic E-state index is 12.1. The molecule has 1 aliphatic carbocycles. The molecule has 0 saturated heterocycles. The summed E-state index contributed by atoms with van der Waals surface area (Å²) < 4.78 is 6.04. The van der Waals surface area contributed by atoms with Crippen LogP contribution in [0.3, 0.4) is 0 Å². The van der Waals surface area contributed by atoms with E-state index in [0.29, 0.717) is 17.4 Å². The van der Waals surface area contributed by atoms with Crippen LogP contribution < -0.4 is 4.74 Å². The van der Waals surface area contributed by atoms with Crippen LogP contribution in [0.4, 0.5) is 0 Å². The first-order chi connectivity index (χ1) is 17.0. The highest BCUT2D eigenvalue weighted by Crippen LogP contribution is 2.42. The molecule has 0 heterocycles. The SMILES string of the molecule is CC(C)(c1ccc(O)cc1)c1ccc(Oc2ccc(C(C)(C)C3CCC(O)CC3)cc2)c(C(=O)O)c1. The summed E-state index contributed by atoms with van der Waals surface area (Å²) in [5.74, 6) is 0.528. The van der Waals surface area contributed by atoms with Crippen LogP contribution in [0.5, 0.6) is 17.2 Å². The molecule has 3 aromatic carbocycles. The van der Waals surface area contributed by atoms with Crippen LogP contribution in [0.1, 0.15) is 80.4 Å². The zero-order valence-corrected chi connectivity index (χ0v) is 21.5. The molecule has 0 unspecified atom stereocenters. The van der Waals surface area contributed by atoms with Gasteiger partial charge < -0.3 is 20.1 Å². The van der Waals surface area contributed by atoms with Gasteiger partial charge in [-0.2, -0.15) is 0 Å². The van der Waals surface area contributed by atoms with E-state index in [0.717, 1.165) is 36.8 Å². The summed E-state index contributed by atoms with van der Waals surface area (Å²) in [7, 11) is 0. The Bertz CT molecular complexity index is 1200. The first-order valence-electron chi connectivity index (χ1n) is 12.6. The second-order valence-electron chi connectivity index (χ2n) is 11.0. The summed E-state index contributed by atoms with van der Waals surface area (Å²) in [5, 5.41) is 29.4. The van der Waals surface area contributed by atoms with E-state index < -0.39 is 11.4 Å². The van der Waals surface area contributed by atoms with E-state index in [4.69, 9.17) is 4.74 Å². The lowest BCUT2D eigenvalue weighted by atomic mass is 9.67. The van der Waals surface area contributed by atoms with Crippen molar-refractivity contribution < 1.29 is 24.9 Å². The molecule has 3 N–H and O–H groups in total. The molecule has 0 aliphatic heterocycles.